The average molecular weight is 316 g/mol. The number of carbonyl (C=O) groups is 1. The Morgan fingerprint density at radius 2 is 2.21 bits per heavy atom. The van der Waals surface area contributed by atoms with Crippen molar-refractivity contribution in [1.82, 2.24) is 9.88 Å². The van der Waals surface area contributed by atoms with Crippen LogP contribution in [0.4, 0.5) is 8.78 Å². The van der Waals surface area contributed by atoms with Crippen LogP contribution in [-0.2, 0) is 11.3 Å². The summed E-state index contributed by atoms with van der Waals surface area (Å²) in [6.07, 6.45) is -0.0157. The number of amides is 1. The maximum atomic E-state index is 12.8. The van der Waals surface area contributed by atoms with E-state index in [-0.39, 0.29) is 30.2 Å². The van der Waals surface area contributed by atoms with Crippen molar-refractivity contribution < 1.29 is 13.6 Å². The van der Waals surface area contributed by atoms with Crippen LogP contribution in [0.15, 0.2) is 10.2 Å². The predicted octanol–water partition coefficient (Wildman–Crippen LogP) is 0.740. The standard InChI is InChI=1S/C10H15F2N3O2S.ClH/c1-7-4-18-9(17)15(7)3-2-8(16)14-6-10(11,12)5-13;/h4H,2-3,5-6,13H2,1H3,(H,14,16);1H. The van der Waals surface area contributed by atoms with Gasteiger partial charge in [-0.25, -0.2) is 8.78 Å². The quantitative estimate of drug-likeness (QED) is 0.813. The van der Waals surface area contributed by atoms with Gasteiger partial charge in [0.25, 0.3) is 5.92 Å². The minimum absolute atomic E-state index is 0. The Hall–Kier alpha value is -0.990. The van der Waals surface area contributed by atoms with Gasteiger partial charge in [0.15, 0.2) is 0 Å². The Bertz CT molecular complexity index is 476. The maximum absolute atomic E-state index is 12.8. The van der Waals surface area contributed by atoms with E-state index >= 15 is 0 Å². The number of carbonyl (C=O) groups excluding carboxylic acids is 1. The summed E-state index contributed by atoms with van der Waals surface area (Å²) in [7, 11) is 0. The lowest BCUT2D eigenvalue weighted by molar-refractivity contribution is -0.123. The molecule has 1 amide bonds. The molecule has 1 rings (SSSR count). The van der Waals surface area contributed by atoms with Crippen molar-refractivity contribution in [3.05, 3.63) is 20.7 Å². The molecule has 19 heavy (non-hydrogen) atoms. The first kappa shape index (κ1) is 18.0. The van der Waals surface area contributed by atoms with E-state index in [0.717, 1.165) is 17.0 Å². The zero-order chi connectivity index (χ0) is 13.8. The van der Waals surface area contributed by atoms with E-state index in [4.69, 9.17) is 5.73 Å². The van der Waals surface area contributed by atoms with E-state index in [2.05, 4.69) is 5.32 Å². The van der Waals surface area contributed by atoms with Crippen LogP contribution < -0.4 is 15.9 Å². The van der Waals surface area contributed by atoms with Gasteiger partial charge in [-0.05, 0) is 6.92 Å². The van der Waals surface area contributed by atoms with Crippen LogP contribution in [0.1, 0.15) is 12.1 Å². The molecule has 0 unspecified atom stereocenters. The zero-order valence-corrected chi connectivity index (χ0v) is 12.0. The lowest BCUT2D eigenvalue weighted by atomic mass is 10.3. The van der Waals surface area contributed by atoms with Crippen molar-refractivity contribution in [2.75, 3.05) is 13.1 Å². The Balaban J connectivity index is 0.00000324. The predicted molar refractivity (Wildman–Crippen MR) is 72.2 cm³/mol. The van der Waals surface area contributed by atoms with Crippen LogP contribution in [0, 0.1) is 6.92 Å². The van der Waals surface area contributed by atoms with Gasteiger partial charge in [0.05, 0.1) is 13.1 Å². The van der Waals surface area contributed by atoms with Crippen LogP contribution >= 0.6 is 23.7 Å². The van der Waals surface area contributed by atoms with E-state index in [9.17, 15) is 18.4 Å². The van der Waals surface area contributed by atoms with Crippen LogP contribution in [0.3, 0.4) is 0 Å². The first-order valence-corrected chi connectivity index (χ1v) is 6.23. The highest BCUT2D eigenvalue weighted by molar-refractivity contribution is 7.07. The highest BCUT2D eigenvalue weighted by Gasteiger charge is 2.26. The molecule has 0 aliphatic heterocycles. The number of hydrogen-bond acceptors (Lipinski definition) is 4. The second-order valence-electron chi connectivity index (χ2n) is 3.88. The minimum Gasteiger partial charge on any atom is -0.350 e. The van der Waals surface area contributed by atoms with Crippen LogP contribution in [0.5, 0.6) is 0 Å². The third kappa shape index (κ3) is 5.66. The summed E-state index contributed by atoms with van der Waals surface area (Å²) in [5, 5.41) is 3.78. The highest BCUT2D eigenvalue weighted by atomic mass is 35.5. The molecule has 9 heteroatoms. The van der Waals surface area contributed by atoms with Crippen LogP contribution in [-0.4, -0.2) is 29.5 Å². The van der Waals surface area contributed by atoms with Gasteiger partial charge in [-0.15, -0.1) is 12.4 Å². The van der Waals surface area contributed by atoms with Crippen molar-refractivity contribution in [3.8, 4) is 0 Å². The van der Waals surface area contributed by atoms with Gasteiger partial charge in [-0.1, -0.05) is 11.3 Å². The van der Waals surface area contributed by atoms with Gasteiger partial charge in [-0.3, -0.25) is 9.59 Å². The summed E-state index contributed by atoms with van der Waals surface area (Å²) in [4.78, 5) is 22.5. The van der Waals surface area contributed by atoms with Crippen molar-refractivity contribution >= 4 is 29.7 Å². The molecule has 0 saturated carbocycles. The number of rotatable bonds is 6. The normalized spacial score (nSPS) is 10.9. The summed E-state index contributed by atoms with van der Waals surface area (Å²) in [6, 6.07) is 0. The Morgan fingerprint density at radius 3 is 2.68 bits per heavy atom. The monoisotopic (exact) mass is 315 g/mol. The zero-order valence-electron chi connectivity index (χ0n) is 10.3. The topological polar surface area (TPSA) is 77.1 Å². The lowest BCUT2D eigenvalue weighted by Gasteiger charge is -2.14. The molecule has 1 aromatic rings. The van der Waals surface area contributed by atoms with Gasteiger partial charge in [0.2, 0.25) is 5.91 Å². The maximum Gasteiger partial charge on any atom is 0.307 e. The van der Waals surface area contributed by atoms with E-state index in [1.54, 1.807) is 12.3 Å². The van der Waals surface area contributed by atoms with Crippen molar-refractivity contribution in [1.29, 1.82) is 0 Å². The number of hydrogen-bond donors (Lipinski definition) is 2. The molecular weight excluding hydrogens is 300 g/mol. The third-order valence-corrected chi connectivity index (χ3v) is 3.26. The number of nitrogens with one attached hydrogen (secondary N) is 1. The fourth-order valence-corrected chi connectivity index (χ4v) is 2.04. The molecule has 110 valence electrons. The molecule has 5 nitrogen and oxygen atoms in total. The first-order chi connectivity index (χ1) is 8.35. The number of halogens is 3. The SMILES string of the molecule is Cc1csc(=O)n1CCC(=O)NCC(F)(F)CN.Cl. The Morgan fingerprint density at radius 1 is 1.58 bits per heavy atom. The van der Waals surface area contributed by atoms with Gasteiger partial charge in [0, 0.05) is 24.0 Å². The van der Waals surface area contributed by atoms with Gasteiger partial charge in [0.1, 0.15) is 0 Å². The molecule has 0 bridgehead atoms. The van der Waals surface area contributed by atoms with Crippen LogP contribution in [0.2, 0.25) is 0 Å². The molecule has 0 aromatic carbocycles. The van der Waals surface area contributed by atoms with E-state index in [1.165, 1.54) is 4.57 Å². The summed E-state index contributed by atoms with van der Waals surface area (Å²) in [5.74, 6) is -3.62. The summed E-state index contributed by atoms with van der Waals surface area (Å²) in [5.41, 5.74) is 5.59. The van der Waals surface area contributed by atoms with Crippen LogP contribution in [0.25, 0.3) is 0 Å². The second kappa shape index (κ2) is 7.56. The lowest BCUT2D eigenvalue weighted by Crippen LogP contribution is -2.41. The molecule has 1 aromatic heterocycles. The highest BCUT2D eigenvalue weighted by Crippen LogP contribution is 2.08. The summed E-state index contributed by atoms with van der Waals surface area (Å²) < 4.78 is 27.0. The molecule has 0 atom stereocenters. The molecule has 0 aliphatic rings. The van der Waals surface area contributed by atoms with Gasteiger partial charge < -0.3 is 15.6 Å². The third-order valence-electron chi connectivity index (χ3n) is 2.38. The van der Waals surface area contributed by atoms with Crippen molar-refractivity contribution in [2.24, 2.45) is 5.73 Å². The molecule has 1 heterocycles. The molecule has 3 N–H and O–H groups in total. The number of alkyl halides is 2. The van der Waals surface area contributed by atoms with E-state index in [1.807, 2.05) is 0 Å². The molecule has 0 fully saturated rings. The number of thiazole rings is 1. The Kier molecular flexibility index (Phi) is 7.17. The molecule has 0 spiro atoms. The number of aromatic nitrogens is 1. The summed E-state index contributed by atoms with van der Waals surface area (Å²) in [6.45, 7) is 0.350. The smallest absolute Gasteiger partial charge is 0.307 e. The van der Waals surface area contributed by atoms with Gasteiger partial charge >= 0.3 is 4.87 Å². The number of aryl methyl sites for hydroxylation is 1. The van der Waals surface area contributed by atoms with E-state index < -0.39 is 24.9 Å². The number of nitrogens with two attached hydrogens (primary N) is 1. The fraction of sp³-hybridized carbons (Fsp3) is 0.600. The first-order valence-electron chi connectivity index (χ1n) is 5.35. The molecule has 0 radical (unpaired) electrons. The molecule has 0 saturated heterocycles. The molecule has 0 aliphatic carbocycles. The fourth-order valence-electron chi connectivity index (χ4n) is 1.28. The van der Waals surface area contributed by atoms with Crippen molar-refractivity contribution in [2.45, 2.75) is 25.8 Å². The summed E-state index contributed by atoms with van der Waals surface area (Å²) >= 11 is 1.04. The van der Waals surface area contributed by atoms with E-state index in [0.29, 0.717) is 0 Å². The Labute approximate surface area is 119 Å². The van der Waals surface area contributed by atoms with Gasteiger partial charge in [-0.2, -0.15) is 0 Å². The largest absolute Gasteiger partial charge is 0.350 e. The second-order valence-corrected chi connectivity index (χ2v) is 4.70. The average Bonchev–Trinajstić information content (AvgIpc) is 2.64. The molecular formula is C10H16ClF2N3O2S. The van der Waals surface area contributed by atoms with Crippen molar-refractivity contribution in [3.63, 3.8) is 0 Å². The minimum atomic E-state index is -3.09. The number of nitrogens with zero attached hydrogens (tertiary/aromatic N) is 1.